The summed E-state index contributed by atoms with van der Waals surface area (Å²) >= 11 is 0. The Bertz CT molecular complexity index is 368. The molecule has 0 aromatic rings. The number of nitrogens with one attached hydrogen (secondary N) is 3. The fraction of sp³-hybridized carbons (Fsp3) is 0.778. The Hall–Kier alpha value is -1.35. The molecule has 8 nitrogen and oxygen atoms in total. The van der Waals surface area contributed by atoms with Gasteiger partial charge in [-0.05, 0) is 6.92 Å². The van der Waals surface area contributed by atoms with E-state index in [2.05, 4.69) is 20.1 Å². The smallest absolute Gasteiger partial charge is 0.325 e. The van der Waals surface area contributed by atoms with E-state index in [0.717, 1.165) is 0 Å². The van der Waals surface area contributed by atoms with Crippen LogP contribution in [-0.4, -0.2) is 52.4 Å². The summed E-state index contributed by atoms with van der Waals surface area (Å²) in [5.74, 6) is -0.763. The third-order valence-corrected chi connectivity index (χ3v) is 3.19. The van der Waals surface area contributed by atoms with Gasteiger partial charge in [0.2, 0.25) is 10.0 Å². The number of urea groups is 1. The van der Waals surface area contributed by atoms with Crippen LogP contribution in [0.25, 0.3) is 0 Å². The number of carbonyl (C=O) groups excluding carboxylic acids is 2. The molecule has 3 N–H and O–H groups in total. The second kappa shape index (κ2) is 8.70. The normalized spacial score (nSPS) is 10.8. The second-order valence-electron chi connectivity index (χ2n) is 3.23. The van der Waals surface area contributed by atoms with Crippen LogP contribution in [0.1, 0.15) is 13.8 Å². The van der Waals surface area contributed by atoms with E-state index in [1.165, 1.54) is 0 Å². The molecule has 0 bridgehead atoms. The summed E-state index contributed by atoms with van der Waals surface area (Å²) in [6, 6.07) is -0.616. The highest BCUT2D eigenvalue weighted by Gasteiger charge is 2.09. The Morgan fingerprint density at radius 3 is 2.39 bits per heavy atom. The lowest BCUT2D eigenvalue weighted by atomic mass is 10.6. The molecule has 0 aliphatic carbocycles. The number of hydrogen-bond acceptors (Lipinski definition) is 5. The van der Waals surface area contributed by atoms with Gasteiger partial charge >= 0.3 is 12.0 Å². The first-order valence-corrected chi connectivity index (χ1v) is 7.21. The van der Waals surface area contributed by atoms with Crippen LogP contribution in [0.2, 0.25) is 0 Å². The van der Waals surface area contributed by atoms with Gasteiger partial charge in [0.1, 0.15) is 6.54 Å². The van der Waals surface area contributed by atoms with E-state index in [9.17, 15) is 18.0 Å². The molecule has 0 saturated heterocycles. The Morgan fingerprint density at radius 2 is 1.83 bits per heavy atom. The van der Waals surface area contributed by atoms with E-state index >= 15 is 0 Å². The van der Waals surface area contributed by atoms with Gasteiger partial charge in [-0.2, -0.15) is 0 Å². The van der Waals surface area contributed by atoms with Gasteiger partial charge in [-0.15, -0.1) is 0 Å². The van der Waals surface area contributed by atoms with Crippen molar-refractivity contribution in [3.8, 4) is 0 Å². The highest BCUT2D eigenvalue weighted by atomic mass is 32.2. The zero-order valence-electron chi connectivity index (χ0n) is 10.5. The Labute approximate surface area is 107 Å². The number of carbonyl (C=O) groups is 2. The molecular formula is C9H19N3O5S. The molecule has 0 saturated carbocycles. The maximum atomic E-state index is 11.2. The fourth-order valence-corrected chi connectivity index (χ4v) is 1.97. The Balaban J connectivity index is 3.75. The van der Waals surface area contributed by atoms with Crippen LogP contribution in [0.4, 0.5) is 4.79 Å². The Kier molecular flexibility index (Phi) is 8.05. The van der Waals surface area contributed by atoms with Crippen molar-refractivity contribution in [1.82, 2.24) is 15.4 Å². The van der Waals surface area contributed by atoms with Gasteiger partial charge in [0.05, 0.1) is 12.4 Å². The van der Waals surface area contributed by atoms with E-state index < -0.39 is 22.0 Å². The van der Waals surface area contributed by atoms with Crippen molar-refractivity contribution in [1.29, 1.82) is 0 Å². The van der Waals surface area contributed by atoms with E-state index in [1.807, 2.05) is 0 Å². The van der Waals surface area contributed by atoms with Gasteiger partial charge in [0.15, 0.2) is 0 Å². The number of amides is 2. The number of hydrogen-bond donors (Lipinski definition) is 3. The molecule has 0 aromatic carbocycles. The molecule has 0 aromatic heterocycles. The third-order valence-electron chi connectivity index (χ3n) is 1.72. The minimum absolute atomic E-state index is 0.0377. The van der Waals surface area contributed by atoms with E-state index in [1.54, 1.807) is 13.8 Å². The van der Waals surface area contributed by atoms with Crippen LogP contribution in [0.5, 0.6) is 0 Å². The van der Waals surface area contributed by atoms with Crippen molar-refractivity contribution in [2.24, 2.45) is 0 Å². The van der Waals surface area contributed by atoms with Crippen molar-refractivity contribution in [3.05, 3.63) is 0 Å². The molecule has 9 heteroatoms. The first-order valence-electron chi connectivity index (χ1n) is 5.56. The van der Waals surface area contributed by atoms with E-state index in [4.69, 9.17) is 0 Å². The monoisotopic (exact) mass is 281 g/mol. The van der Waals surface area contributed by atoms with Crippen molar-refractivity contribution in [2.75, 3.05) is 32.0 Å². The largest absolute Gasteiger partial charge is 0.465 e. The lowest BCUT2D eigenvalue weighted by Gasteiger charge is -2.07. The number of rotatable bonds is 8. The van der Waals surface area contributed by atoms with Gasteiger partial charge in [0, 0.05) is 13.1 Å². The van der Waals surface area contributed by atoms with Crippen LogP contribution < -0.4 is 15.4 Å². The summed E-state index contributed by atoms with van der Waals surface area (Å²) in [6.45, 7) is 3.57. The number of esters is 1. The zero-order valence-corrected chi connectivity index (χ0v) is 11.3. The lowest BCUT2D eigenvalue weighted by molar-refractivity contribution is -0.141. The average Bonchev–Trinajstić information content (AvgIpc) is 2.26. The lowest BCUT2D eigenvalue weighted by Crippen LogP contribution is -2.41. The van der Waals surface area contributed by atoms with Crippen LogP contribution in [0, 0.1) is 0 Å². The van der Waals surface area contributed by atoms with Gasteiger partial charge in [-0.3, -0.25) is 4.79 Å². The number of sulfonamides is 1. The molecule has 2 amide bonds. The molecule has 106 valence electrons. The molecule has 0 fully saturated rings. The van der Waals surface area contributed by atoms with Crippen LogP contribution in [-0.2, 0) is 19.6 Å². The van der Waals surface area contributed by atoms with Gasteiger partial charge < -0.3 is 15.4 Å². The summed E-state index contributed by atoms with van der Waals surface area (Å²) in [6.07, 6.45) is 0. The minimum atomic E-state index is -3.35. The third kappa shape index (κ3) is 8.76. The molecule has 0 rings (SSSR count). The van der Waals surface area contributed by atoms with Crippen molar-refractivity contribution in [2.45, 2.75) is 13.8 Å². The topological polar surface area (TPSA) is 114 Å². The van der Waals surface area contributed by atoms with Crippen molar-refractivity contribution >= 4 is 22.0 Å². The SMILES string of the molecule is CCNS(=O)(=O)CCNC(=O)NCC(=O)OCC. The van der Waals surface area contributed by atoms with Crippen molar-refractivity contribution in [3.63, 3.8) is 0 Å². The first kappa shape index (κ1) is 16.6. The summed E-state index contributed by atoms with van der Waals surface area (Å²) in [5.41, 5.74) is 0. The summed E-state index contributed by atoms with van der Waals surface area (Å²) in [7, 11) is -3.35. The summed E-state index contributed by atoms with van der Waals surface area (Å²) in [5, 5.41) is 4.56. The summed E-state index contributed by atoms with van der Waals surface area (Å²) < 4.78 is 29.3. The molecule has 0 radical (unpaired) electrons. The van der Waals surface area contributed by atoms with Gasteiger partial charge in [-0.25, -0.2) is 17.9 Å². The van der Waals surface area contributed by atoms with Gasteiger partial charge in [0.25, 0.3) is 0 Å². The van der Waals surface area contributed by atoms with Crippen LogP contribution >= 0.6 is 0 Å². The standard InChI is InChI=1S/C9H19N3O5S/c1-3-12-18(15,16)6-5-10-9(14)11-7-8(13)17-4-2/h12H,3-7H2,1-2H3,(H2,10,11,14). The molecular weight excluding hydrogens is 262 g/mol. The van der Waals surface area contributed by atoms with E-state index in [-0.39, 0.29) is 25.4 Å². The predicted octanol–water partition coefficient (Wildman–Crippen LogP) is -1.21. The number of ether oxygens (including phenoxy) is 1. The Morgan fingerprint density at radius 1 is 1.17 bits per heavy atom. The molecule has 18 heavy (non-hydrogen) atoms. The zero-order chi connectivity index (χ0) is 14.0. The molecule has 0 aliphatic rings. The highest BCUT2D eigenvalue weighted by Crippen LogP contribution is 1.81. The van der Waals surface area contributed by atoms with Gasteiger partial charge in [-0.1, -0.05) is 6.92 Å². The molecule has 0 aliphatic heterocycles. The quantitative estimate of drug-likeness (QED) is 0.483. The highest BCUT2D eigenvalue weighted by molar-refractivity contribution is 7.89. The van der Waals surface area contributed by atoms with E-state index in [0.29, 0.717) is 6.54 Å². The average molecular weight is 281 g/mol. The summed E-state index contributed by atoms with van der Waals surface area (Å²) in [4.78, 5) is 22.0. The fourth-order valence-electron chi connectivity index (χ4n) is 1.02. The maximum absolute atomic E-state index is 11.2. The molecule has 0 unspecified atom stereocenters. The van der Waals surface area contributed by atoms with Crippen LogP contribution in [0.3, 0.4) is 0 Å². The minimum Gasteiger partial charge on any atom is -0.465 e. The molecule has 0 heterocycles. The van der Waals surface area contributed by atoms with Crippen molar-refractivity contribution < 1.29 is 22.7 Å². The second-order valence-corrected chi connectivity index (χ2v) is 5.16. The molecule has 0 spiro atoms. The maximum Gasteiger partial charge on any atom is 0.325 e. The predicted molar refractivity (Wildman–Crippen MR) is 65.5 cm³/mol. The first-order chi connectivity index (χ1) is 8.41. The van der Waals surface area contributed by atoms with Crippen LogP contribution in [0.15, 0.2) is 0 Å². The molecule has 0 atom stereocenters.